The molecule has 3 amide bonds. The van der Waals surface area contributed by atoms with E-state index in [4.69, 9.17) is 0 Å². The van der Waals surface area contributed by atoms with E-state index in [0.717, 1.165) is 12.3 Å². The molecule has 0 bridgehead atoms. The zero-order valence-electron chi connectivity index (χ0n) is 18.4. The Morgan fingerprint density at radius 1 is 1.26 bits per heavy atom. The second-order valence-corrected chi connectivity index (χ2v) is 10.5. The number of carbonyl (C=O) groups excluding carboxylic acids is 3. The van der Waals surface area contributed by atoms with Crippen molar-refractivity contribution in [3.8, 4) is 5.75 Å². The summed E-state index contributed by atoms with van der Waals surface area (Å²) in [5, 5.41) is 24.2. The van der Waals surface area contributed by atoms with E-state index in [9.17, 15) is 34.2 Å². The van der Waals surface area contributed by atoms with Gasteiger partial charge >= 0.3 is 5.97 Å². The number of rotatable bonds is 6. The molecular weight excluding hydrogens is 464 g/mol. The number of amides is 3. The molecule has 2 unspecified atom stereocenters. The van der Waals surface area contributed by atoms with Crippen LogP contribution in [0.2, 0.25) is 0 Å². The molecule has 34 heavy (non-hydrogen) atoms. The van der Waals surface area contributed by atoms with Crippen LogP contribution in [0.3, 0.4) is 0 Å². The number of allylic oxidation sites excluding steroid dienone is 3. The van der Waals surface area contributed by atoms with Crippen molar-refractivity contribution in [3.05, 3.63) is 52.0 Å². The maximum Gasteiger partial charge on any atom is 0.327 e. The van der Waals surface area contributed by atoms with Gasteiger partial charge in [-0.05, 0) is 32.3 Å². The SMILES string of the molecule is CC1(C)S[C@@H]2C(NC(=O)C(NC(=O)c3c[nH]c(=O)cc3O)C3=CCC=CC3)C(=O)N2[C@H]1C(=O)O. The zero-order chi connectivity index (χ0) is 24.8. The quantitative estimate of drug-likeness (QED) is 0.277. The van der Waals surface area contributed by atoms with Gasteiger partial charge in [-0.2, -0.15) is 0 Å². The number of H-pyrrole nitrogens is 1. The lowest BCUT2D eigenvalue weighted by molar-refractivity contribution is -0.161. The molecule has 1 aromatic heterocycles. The van der Waals surface area contributed by atoms with Crippen molar-refractivity contribution in [2.75, 3.05) is 0 Å². The standard InChI is InChI=1S/C22H24N4O7S/c1-22(2)16(21(32)33)26-19(31)15(20(26)34-22)25-18(30)14(10-6-4-3-5-7-10)24-17(29)11-9-23-13(28)8-12(11)27/h3-4,7-9,14-16,20H,5-6H2,1-2H3,(H,24,29)(H,25,30)(H,32,33)(H2,23,27,28)/t14?,15?,16-,20+/m0/s1. The fraction of sp³-hybridized carbons (Fsp3) is 0.409. The maximum absolute atomic E-state index is 13.3. The number of pyridine rings is 1. The van der Waals surface area contributed by atoms with Gasteiger partial charge in [-0.1, -0.05) is 18.2 Å². The summed E-state index contributed by atoms with van der Waals surface area (Å²) >= 11 is 1.30. The number of aromatic hydroxyl groups is 1. The number of thioether (sulfide) groups is 1. The monoisotopic (exact) mass is 488 g/mol. The predicted molar refractivity (Wildman–Crippen MR) is 122 cm³/mol. The van der Waals surface area contributed by atoms with Crippen molar-refractivity contribution in [1.29, 1.82) is 0 Å². The first-order valence-electron chi connectivity index (χ1n) is 10.6. The number of aromatic nitrogens is 1. The summed E-state index contributed by atoms with van der Waals surface area (Å²) in [5.41, 5.74) is -0.204. The first kappa shape index (κ1) is 23.6. The molecule has 0 spiro atoms. The lowest BCUT2D eigenvalue weighted by Crippen LogP contribution is -2.71. The van der Waals surface area contributed by atoms with Crippen LogP contribution < -0.4 is 16.2 Å². The Labute approximate surface area is 198 Å². The number of nitrogens with one attached hydrogen (secondary N) is 3. The minimum atomic E-state index is -1.14. The van der Waals surface area contributed by atoms with E-state index in [0.29, 0.717) is 18.4 Å². The van der Waals surface area contributed by atoms with Gasteiger partial charge in [0.25, 0.3) is 11.5 Å². The number of carboxylic acid groups (broad SMARTS) is 1. The van der Waals surface area contributed by atoms with Crippen molar-refractivity contribution in [2.45, 2.75) is 54.9 Å². The Balaban J connectivity index is 1.54. The van der Waals surface area contributed by atoms with Crippen LogP contribution in [0.4, 0.5) is 0 Å². The molecule has 3 heterocycles. The highest BCUT2D eigenvalue weighted by Crippen LogP contribution is 2.50. The number of β-lactam (4-membered cyclic amide) rings is 1. The summed E-state index contributed by atoms with van der Waals surface area (Å²) in [6.45, 7) is 3.47. The molecule has 12 heteroatoms. The highest BCUT2D eigenvalue weighted by Gasteiger charge is 2.64. The van der Waals surface area contributed by atoms with E-state index in [1.54, 1.807) is 19.9 Å². The van der Waals surface area contributed by atoms with Gasteiger partial charge in [0.2, 0.25) is 11.8 Å². The van der Waals surface area contributed by atoms with Crippen LogP contribution in [-0.2, 0) is 14.4 Å². The molecule has 1 aliphatic carbocycles. The molecule has 2 fully saturated rings. The third-order valence-corrected chi connectivity index (χ3v) is 7.64. The largest absolute Gasteiger partial charge is 0.507 e. The summed E-state index contributed by atoms with van der Waals surface area (Å²) in [5.74, 6) is -3.55. The van der Waals surface area contributed by atoms with Crippen LogP contribution in [0.1, 0.15) is 37.0 Å². The van der Waals surface area contributed by atoms with Crippen LogP contribution in [0, 0.1) is 0 Å². The molecule has 3 aliphatic rings. The predicted octanol–water partition coefficient (Wildman–Crippen LogP) is 0.0870. The lowest BCUT2D eigenvalue weighted by atomic mass is 9.94. The fourth-order valence-electron chi connectivity index (χ4n) is 4.41. The first-order chi connectivity index (χ1) is 16.0. The Kier molecular flexibility index (Phi) is 6.02. The molecule has 2 aliphatic heterocycles. The smallest absolute Gasteiger partial charge is 0.327 e. The van der Waals surface area contributed by atoms with Crippen LogP contribution in [-0.4, -0.2) is 72.0 Å². The number of aromatic amines is 1. The Morgan fingerprint density at radius 3 is 2.62 bits per heavy atom. The second kappa shape index (κ2) is 8.67. The van der Waals surface area contributed by atoms with Crippen molar-refractivity contribution >= 4 is 35.5 Å². The molecule has 1 aromatic rings. The van der Waals surface area contributed by atoms with Gasteiger partial charge < -0.3 is 30.7 Å². The topological polar surface area (TPSA) is 169 Å². The van der Waals surface area contributed by atoms with Gasteiger partial charge in [-0.3, -0.25) is 19.2 Å². The molecule has 11 nitrogen and oxygen atoms in total. The fourth-order valence-corrected chi connectivity index (χ4v) is 6.04. The summed E-state index contributed by atoms with van der Waals surface area (Å²) in [7, 11) is 0. The Hall–Kier alpha value is -3.54. The van der Waals surface area contributed by atoms with Crippen LogP contribution in [0.5, 0.6) is 5.75 Å². The molecule has 0 aromatic carbocycles. The van der Waals surface area contributed by atoms with Crippen molar-refractivity contribution in [3.63, 3.8) is 0 Å². The number of hydrogen-bond donors (Lipinski definition) is 5. The zero-order valence-corrected chi connectivity index (χ0v) is 19.2. The molecule has 0 radical (unpaired) electrons. The number of carboxylic acids is 1. The van der Waals surface area contributed by atoms with Crippen LogP contribution in [0.25, 0.3) is 0 Å². The number of aliphatic carboxylic acids is 1. The van der Waals surface area contributed by atoms with E-state index in [1.165, 1.54) is 16.7 Å². The average Bonchev–Trinajstić information content (AvgIpc) is 3.04. The number of fused-ring (bicyclic) bond motifs is 1. The minimum absolute atomic E-state index is 0.215. The van der Waals surface area contributed by atoms with Gasteiger partial charge in [0.15, 0.2) is 0 Å². The molecule has 5 N–H and O–H groups in total. The van der Waals surface area contributed by atoms with Gasteiger partial charge in [0.05, 0.1) is 5.56 Å². The Bertz CT molecular complexity index is 1190. The summed E-state index contributed by atoms with van der Waals surface area (Å²) in [4.78, 5) is 65.4. The maximum atomic E-state index is 13.3. The highest BCUT2D eigenvalue weighted by molar-refractivity contribution is 8.01. The van der Waals surface area contributed by atoms with E-state index >= 15 is 0 Å². The number of carbonyl (C=O) groups is 4. The molecule has 4 rings (SSSR count). The summed E-state index contributed by atoms with van der Waals surface area (Å²) < 4.78 is -0.738. The normalized spacial score (nSPS) is 25.6. The number of nitrogens with zero attached hydrogens (tertiary/aromatic N) is 1. The lowest BCUT2D eigenvalue weighted by Gasteiger charge is -2.44. The number of hydrogen-bond acceptors (Lipinski definition) is 7. The van der Waals surface area contributed by atoms with Crippen LogP contribution in [0.15, 0.2) is 40.9 Å². The van der Waals surface area contributed by atoms with Crippen molar-refractivity contribution in [2.24, 2.45) is 0 Å². The third kappa shape index (κ3) is 4.09. The Morgan fingerprint density at radius 2 is 2.00 bits per heavy atom. The third-order valence-electron chi connectivity index (χ3n) is 6.06. The van der Waals surface area contributed by atoms with E-state index in [1.807, 2.05) is 12.2 Å². The average molecular weight is 489 g/mol. The van der Waals surface area contributed by atoms with E-state index in [2.05, 4.69) is 15.6 Å². The van der Waals surface area contributed by atoms with Gasteiger partial charge in [0.1, 0.15) is 29.2 Å². The molecule has 180 valence electrons. The van der Waals surface area contributed by atoms with Crippen molar-refractivity contribution in [1.82, 2.24) is 20.5 Å². The molecule has 2 saturated heterocycles. The van der Waals surface area contributed by atoms with Gasteiger partial charge in [-0.15, -0.1) is 11.8 Å². The van der Waals surface area contributed by atoms with Gasteiger partial charge in [-0.25, -0.2) is 4.79 Å². The highest BCUT2D eigenvalue weighted by atomic mass is 32.2. The second-order valence-electron chi connectivity index (χ2n) is 8.78. The van der Waals surface area contributed by atoms with Crippen molar-refractivity contribution < 1.29 is 29.4 Å². The molecule has 0 saturated carbocycles. The first-order valence-corrected chi connectivity index (χ1v) is 11.5. The van der Waals surface area contributed by atoms with Crippen LogP contribution >= 0.6 is 11.8 Å². The molecule has 4 atom stereocenters. The van der Waals surface area contributed by atoms with E-state index in [-0.39, 0.29) is 5.56 Å². The minimum Gasteiger partial charge on any atom is -0.507 e. The van der Waals surface area contributed by atoms with Gasteiger partial charge in [0, 0.05) is 17.0 Å². The molecular formula is C22H24N4O7S. The van der Waals surface area contributed by atoms with E-state index < -0.39 is 63.2 Å². The summed E-state index contributed by atoms with van der Waals surface area (Å²) in [6, 6.07) is -2.22. The summed E-state index contributed by atoms with van der Waals surface area (Å²) in [6.07, 6.45) is 7.55.